The lowest BCUT2D eigenvalue weighted by molar-refractivity contribution is -0.115. The van der Waals surface area contributed by atoms with E-state index in [1.807, 2.05) is 29.8 Å². The summed E-state index contributed by atoms with van der Waals surface area (Å²) in [7, 11) is 0. The minimum atomic E-state index is -0.0556. The smallest absolute Gasteiger partial charge is 0.224 e. The number of carbonyl (C=O) groups is 1. The summed E-state index contributed by atoms with van der Waals surface area (Å²) in [4.78, 5) is 11.7. The van der Waals surface area contributed by atoms with E-state index in [1.165, 1.54) is 24.1 Å². The van der Waals surface area contributed by atoms with E-state index in [4.69, 9.17) is 5.10 Å². The highest BCUT2D eigenvalue weighted by molar-refractivity contribution is 5.91. The maximum Gasteiger partial charge on any atom is 0.224 e. The minimum absolute atomic E-state index is 0.0556. The molecular weight excluding hydrogens is 338 g/mol. The maximum atomic E-state index is 11.7. The van der Waals surface area contributed by atoms with Gasteiger partial charge < -0.3 is 10.4 Å². The van der Waals surface area contributed by atoms with Crippen molar-refractivity contribution < 1.29 is 9.90 Å². The van der Waals surface area contributed by atoms with E-state index in [0.29, 0.717) is 30.1 Å². The van der Waals surface area contributed by atoms with Crippen LogP contribution in [0.15, 0.2) is 54.6 Å². The van der Waals surface area contributed by atoms with E-state index in [9.17, 15) is 9.90 Å². The summed E-state index contributed by atoms with van der Waals surface area (Å²) in [6.45, 7) is 2.52. The molecule has 1 fully saturated rings. The van der Waals surface area contributed by atoms with E-state index in [-0.39, 0.29) is 11.7 Å². The van der Waals surface area contributed by atoms with Gasteiger partial charge in [0, 0.05) is 29.3 Å². The van der Waals surface area contributed by atoms with E-state index in [0.717, 1.165) is 5.69 Å². The second kappa shape index (κ2) is 7.27. The highest BCUT2D eigenvalue weighted by Gasteiger charge is 2.28. The lowest BCUT2D eigenvalue weighted by Gasteiger charge is -2.08. The molecule has 0 saturated heterocycles. The van der Waals surface area contributed by atoms with Crippen LogP contribution in [-0.4, -0.2) is 20.8 Å². The molecule has 27 heavy (non-hydrogen) atoms. The molecule has 1 heterocycles. The Bertz CT molecular complexity index is 959. The quantitative estimate of drug-likeness (QED) is 0.634. The molecule has 1 saturated carbocycles. The van der Waals surface area contributed by atoms with Crippen LogP contribution < -0.4 is 5.32 Å². The fourth-order valence-corrected chi connectivity index (χ4v) is 3.22. The summed E-state index contributed by atoms with van der Waals surface area (Å²) in [6.07, 6.45) is 2.77. The number of benzene rings is 2. The Hall–Kier alpha value is -3.08. The van der Waals surface area contributed by atoms with Gasteiger partial charge in [0.05, 0.1) is 12.2 Å². The van der Waals surface area contributed by atoms with Gasteiger partial charge in [-0.2, -0.15) is 5.10 Å². The molecule has 2 N–H and O–H groups in total. The standard InChI is InChI=1S/C22H23N3O2/c1-2-22(27)23-17-10-11-21(26)18(12-17)19-13-20(16-8-9-16)25(24-19)14-15-6-4-3-5-7-15/h3-7,10-13,16,26H,2,8-9,14H2,1H3,(H,23,27). The topological polar surface area (TPSA) is 67.2 Å². The van der Waals surface area contributed by atoms with Crippen LogP contribution in [0.4, 0.5) is 5.69 Å². The first-order valence-corrected chi connectivity index (χ1v) is 9.39. The van der Waals surface area contributed by atoms with Crippen LogP contribution in [0.2, 0.25) is 0 Å². The second-order valence-corrected chi connectivity index (χ2v) is 7.01. The zero-order valence-corrected chi connectivity index (χ0v) is 15.4. The number of aromatic hydroxyl groups is 1. The third-order valence-electron chi connectivity index (χ3n) is 4.86. The van der Waals surface area contributed by atoms with Gasteiger partial charge in [-0.15, -0.1) is 0 Å². The molecule has 1 aromatic heterocycles. The molecule has 138 valence electrons. The Morgan fingerprint density at radius 3 is 2.67 bits per heavy atom. The number of nitrogens with one attached hydrogen (secondary N) is 1. The summed E-state index contributed by atoms with van der Waals surface area (Å²) in [5.74, 6) is 0.649. The molecule has 4 rings (SSSR count). The zero-order chi connectivity index (χ0) is 18.8. The van der Waals surface area contributed by atoms with Gasteiger partial charge in [-0.3, -0.25) is 9.48 Å². The van der Waals surface area contributed by atoms with Crippen molar-refractivity contribution in [2.24, 2.45) is 0 Å². The Morgan fingerprint density at radius 1 is 1.19 bits per heavy atom. The maximum absolute atomic E-state index is 11.7. The Balaban J connectivity index is 1.69. The van der Waals surface area contributed by atoms with Gasteiger partial charge in [-0.05, 0) is 42.7 Å². The third kappa shape index (κ3) is 3.87. The lowest BCUT2D eigenvalue weighted by Crippen LogP contribution is -2.09. The van der Waals surface area contributed by atoms with Crippen molar-refractivity contribution in [2.75, 3.05) is 5.32 Å². The normalized spacial score (nSPS) is 13.5. The van der Waals surface area contributed by atoms with Crippen LogP contribution in [0.3, 0.4) is 0 Å². The Kier molecular flexibility index (Phi) is 4.67. The van der Waals surface area contributed by atoms with Crippen molar-refractivity contribution in [3.8, 4) is 17.0 Å². The molecule has 0 radical (unpaired) electrons. The van der Waals surface area contributed by atoms with Gasteiger partial charge in [0.1, 0.15) is 5.75 Å². The predicted octanol–water partition coefficient (Wildman–Crippen LogP) is 4.53. The first kappa shape index (κ1) is 17.3. The van der Waals surface area contributed by atoms with Gasteiger partial charge in [-0.1, -0.05) is 37.3 Å². The number of aromatic nitrogens is 2. The van der Waals surface area contributed by atoms with Crippen molar-refractivity contribution in [1.29, 1.82) is 0 Å². The summed E-state index contributed by atoms with van der Waals surface area (Å²) < 4.78 is 2.04. The number of anilines is 1. The van der Waals surface area contributed by atoms with Crippen molar-refractivity contribution in [1.82, 2.24) is 9.78 Å². The van der Waals surface area contributed by atoms with Crippen molar-refractivity contribution >= 4 is 11.6 Å². The van der Waals surface area contributed by atoms with Crippen LogP contribution >= 0.6 is 0 Å². The molecule has 0 unspecified atom stereocenters. The van der Waals surface area contributed by atoms with Crippen LogP contribution in [0, 0.1) is 0 Å². The summed E-state index contributed by atoms with van der Waals surface area (Å²) >= 11 is 0. The molecule has 0 atom stereocenters. The number of amides is 1. The van der Waals surface area contributed by atoms with Crippen LogP contribution in [-0.2, 0) is 11.3 Å². The van der Waals surface area contributed by atoms with Gasteiger partial charge in [0.2, 0.25) is 5.91 Å². The van der Waals surface area contributed by atoms with Crippen LogP contribution in [0.25, 0.3) is 11.3 Å². The minimum Gasteiger partial charge on any atom is -0.507 e. The number of phenolic OH excluding ortho intramolecular Hbond substituents is 1. The van der Waals surface area contributed by atoms with Crippen molar-refractivity contribution in [3.63, 3.8) is 0 Å². The third-order valence-corrected chi connectivity index (χ3v) is 4.86. The number of hydrogen-bond acceptors (Lipinski definition) is 3. The van der Waals surface area contributed by atoms with E-state index in [2.05, 4.69) is 23.5 Å². The average molecular weight is 361 g/mol. The monoisotopic (exact) mass is 361 g/mol. The summed E-state index contributed by atoms with van der Waals surface area (Å²) in [6, 6.07) is 17.4. The van der Waals surface area contributed by atoms with Crippen molar-refractivity contribution in [2.45, 2.75) is 38.6 Å². The largest absolute Gasteiger partial charge is 0.507 e. The molecule has 2 aromatic carbocycles. The van der Waals surface area contributed by atoms with E-state index in [1.54, 1.807) is 18.2 Å². The highest BCUT2D eigenvalue weighted by atomic mass is 16.3. The van der Waals surface area contributed by atoms with Gasteiger partial charge in [0.15, 0.2) is 0 Å². The average Bonchev–Trinajstić information content (AvgIpc) is 3.45. The number of rotatable bonds is 6. The Morgan fingerprint density at radius 2 is 1.96 bits per heavy atom. The van der Waals surface area contributed by atoms with Crippen molar-refractivity contribution in [3.05, 3.63) is 65.9 Å². The van der Waals surface area contributed by atoms with Gasteiger partial charge in [0.25, 0.3) is 0 Å². The van der Waals surface area contributed by atoms with Crippen LogP contribution in [0.5, 0.6) is 5.75 Å². The fourth-order valence-electron chi connectivity index (χ4n) is 3.22. The number of nitrogens with zero attached hydrogens (tertiary/aromatic N) is 2. The Labute approximate surface area is 158 Å². The molecule has 0 spiro atoms. The molecule has 0 aliphatic heterocycles. The molecule has 1 amide bonds. The molecule has 0 bridgehead atoms. The zero-order valence-electron chi connectivity index (χ0n) is 15.4. The lowest BCUT2D eigenvalue weighted by atomic mass is 10.1. The summed E-state index contributed by atoms with van der Waals surface area (Å²) in [5, 5.41) is 18.0. The number of carbonyl (C=O) groups excluding carboxylic acids is 1. The molecule has 5 nitrogen and oxygen atoms in total. The van der Waals surface area contributed by atoms with Gasteiger partial charge in [-0.25, -0.2) is 0 Å². The van der Waals surface area contributed by atoms with Crippen LogP contribution in [0.1, 0.15) is 43.4 Å². The predicted molar refractivity (Wildman–Crippen MR) is 106 cm³/mol. The molecular formula is C22H23N3O2. The number of phenols is 1. The molecule has 1 aliphatic rings. The van der Waals surface area contributed by atoms with Gasteiger partial charge >= 0.3 is 0 Å². The second-order valence-electron chi connectivity index (χ2n) is 7.01. The fraction of sp³-hybridized carbons (Fsp3) is 0.273. The molecule has 5 heteroatoms. The summed E-state index contributed by atoms with van der Waals surface area (Å²) in [5.41, 5.74) is 4.44. The molecule has 3 aromatic rings. The first-order chi connectivity index (χ1) is 13.1. The van der Waals surface area contributed by atoms with E-state index < -0.39 is 0 Å². The van der Waals surface area contributed by atoms with E-state index >= 15 is 0 Å². The first-order valence-electron chi connectivity index (χ1n) is 9.39. The number of hydrogen-bond donors (Lipinski definition) is 2. The highest BCUT2D eigenvalue weighted by Crippen LogP contribution is 2.42. The molecule has 1 aliphatic carbocycles. The SMILES string of the molecule is CCC(=O)Nc1ccc(O)c(-c2cc(C3CC3)n(Cc3ccccc3)n2)c1.